The Bertz CT molecular complexity index is 840. The van der Waals surface area contributed by atoms with Crippen LogP contribution in [0.4, 0.5) is 0 Å². The Hall–Kier alpha value is -1.88. The zero-order valence-electron chi connectivity index (χ0n) is 13.7. The molecule has 2 aromatic carbocycles. The predicted octanol–water partition coefficient (Wildman–Crippen LogP) is 4.58. The lowest BCUT2D eigenvalue weighted by atomic mass is 10.1. The molecule has 0 fully saturated rings. The Morgan fingerprint density at radius 3 is 2.58 bits per heavy atom. The zero-order valence-corrected chi connectivity index (χ0v) is 15.3. The van der Waals surface area contributed by atoms with Crippen LogP contribution >= 0.6 is 23.7 Å². The Kier molecular flexibility index (Phi) is 5.99. The number of carbonyl (C=O) groups is 1. The summed E-state index contributed by atoms with van der Waals surface area (Å²) in [6.45, 7) is 4.53. The maximum atomic E-state index is 12.4. The number of carbonyl (C=O) groups excluding carboxylic acids is 1. The van der Waals surface area contributed by atoms with Gasteiger partial charge in [-0.3, -0.25) is 4.79 Å². The number of rotatable bonds is 4. The first-order valence-electron chi connectivity index (χ1n) is 7.65. The standard InChI is InChI=1S/C19H20N2OS.ClH/c1-12-3-8-16-17(11-23-18(16)9-12)19(22)21-10-14-4-6-15(7-5-14)13(2)20;/h3-9,11,13H,10,20H2,1-2H3,(H,21,22);1H. The Labute approximate surface area is 152 Å². The smallest absolute Gasteiger partial charge is 0.253 e. The molecule has 3 aromatic rings. The molecule has 0 saturated carbocycles. The summed E-state index contributed by atoms with van der Waals surface area (Å²) < 4.78 is 1.15. The number of hydrogen-bond donors (Lipinski definition) is 2. The summed E-state index contributed by atoms with van der Waals surface area (Å²) >= 11 is 1.61. The van der Waals surface area contributed by atoms with Crippen molar-refractivity contribution in [1.82, 2.24) is 5.32 Å². The van der Waals surface area contributed by atoms with Gasteiger partial charge in [0.2, 0.25) is 0 Å². The normalized spacial score (nSPS) is 11.8. The van der Waals surface area contributed by atoms with Gasteiger partial charge in [0.25, 0.3) is 5.91 Å². The molecule has 0 radical (unpaired) electrons. The zero-order chi connectivity index (χ0) is 16.4. The highest BCUT2D eigenvalue weighted by molar-refractivity contribution is 7.17. The van der Waals surface area contributed by atoms with E-state index in [1.807, 2.05) is 48.7 Å². The number of fused-ring (bicyclic) bond motifs is 1. The van der Waals surface area contributed by atoms with E-state index >= 15 is 0 Å². The minimum absolute atomic E-state index is 0. The van der Waals surface area contributed by atoms with Crippen LogP contribution in [0.25, 0.3) is 10.1 Å². The molecule has 1 heterocycles. The molecule has 1 atom stereocenters. The van der Waals surface area contributed by atoms with E-state index < -0.39 is 0 Å². The van der Waals surface area contributed by atoms with Crippen molar-refractivity contribution in [2.45, 2.75) is 26.4 Å². The summed E-state index contributed by atoms with van der Waals surface area (Å²) in [5, 5.41) is 5.94. The largest absolute Gasteiger partial charge is 0.348 e. The molecule has 0 bridgehead atoms. The van der Waals surface area contributed by atoms with Gasteiger partial charge < -0.3 is 11.1 Å². The third-order valence-electron chi connectivity index (χ3n) is 3.93. The van der Waals surface area contributed by atoms with Crippen LogP contribution in [0.5, 0.6) is 0 Å². The van der Waals surface area contributed by atoms with Gasteiger partial charge in [0, 0.05) is 28.1 Å². The molecule has 0 aliphatic rings. The lowest BCUT2D eigenvalue weighted by Gasteiger charge is -2.08. The molecule has 1 unspecified atom stereocenters. The van der Waals surface area contributed by atoms with Gasteiger partial charge in [0.1, 0.15) is 0 Å². The average molecular weight is 361 g/mol. The van der Waals surface area contributed by atoms with Crippen LogP contribution in [0.3, 0.4) is 0 Å². The summed E-state index contributed by atoms with van der Waals surface area (Å²) in [5.41, 5.74) is 9.97. The molecule has 1 aromatic heterocycles. The number of thiophene rings is 1. The monoisotopic (exact) mass is 360 g/mol. The SMILES string of the molecule is Cc1ccc2c(C(=O)NCc3ccc(C(C)N)cc3)csc2c1.Cl. The number of nitrogens with two attached hydrogens (primary N) is 1. The van der Waals surface area contributed by atoms with Gasteiger partial charge in [-0.1, -0.05) is 36.4 Å². The highest BCUT2D eigenvalue weighted by atomic mass is 35.5. The van der Waals surface area contributed by atoms with Crippen molar-refractivity contribution in [2.24, 2.45) is 5.73 Å². The average Bonchev–Trinajstić information content (AvgIpc) is 2.96. The third kappa shape index (κ3) is 3.96. The van der Waals surface area contributed by atoms with Crippen molar-refractivity contribution in [1.29, 1.82) is 0 Å². The number of amides is 1. The van der Waals surface area contributed by atoms with Crippen molar-refractivity contribution in [3.8, 4) is 0 Å². The quantitative estimate of drug-likeness (QED) is 0.715. The van der Waals surface area contributed by atoms with E-state index in [0.29, 0.717) is 6.54 Å². The maximum absolute atomic E-state index is 12.4. The molecule has 0 spiro atoms. The fourth-order valence-corrected chi connectivity index (χ4v) is 3.57. The molecule has 0 aliphatic heterocycles. The Morgan fingerprint density at radius 2 is 1.92 bits per heavy atom. The Morgan fingerprint density at radius 1 is 1.21 bits per heavy atom. The second-order valence-electron chi connectivity index (χ2n) is 5.86. The first kappa shape index (κ1) is 18.5. The van der Waals surface area contributed by atoms with E-state index in [0.717, 1.165) is 26.8 Å². The van der Waals surface area contributed by atoms with Crippen molar-refractivity contribution in [3.63, 3.8) is 0 Å². The lowest BCUT2D eigenvalue weighted by molar-refractivity contribution is 0.0953. The summed E-state index contributed by atoms with van der Waals surface area (Å²) in [6, 6.07) is 14.2. The lowest BCUT2D eigenvalue weighted by Crippen LogP contribution is -2.22. The third-order valence-corrected chi connectivity index (χ3v) is 4.88. The molecule has 0 aliphatic carbocycles. The molecule has 3 rings (SSSR count). The number of nitrogens with one attached hydrogen (secondary N) is 1. The van der Waals surface area contributed by atoms with E-state index in [2.05, 4.69) is 18.3 Å². The molecule has 1 amide bonds. The van der Waals surface area contributed by atoms with Crippen molar-refractivity contribution < 1.29 is 4.79 Å². The van der Waals surface area contributed by atoms with Gasteiger partial charge in [-0.2, -0.15) is 0 Å². The van der Waals surface area contributed by atoms with Crippen LogP contribution in [0.1, 0.15) is 40.0 Å². The van der Waals surface area contributed by atoms with Crippen LogP contribution < -0.4 is 11.1 Å². The summed E-state index contributed by atoms with van der Waals surface area (Å²) in [4.78, 5) is 12.4. The number of halogens is 1. The van der Waals surface area contributed by atoms with E-state index in [1.54, 1.807) is 11.3 Å². The fourth-order valence-electron chi connectivity index (χ4n) is 2.53. The van der Waals surface area contributed by atoms with Crippen LogP contribution in [0.2, 0.25) is 0 Å². The number of hydrogen-bond acceptors (Lipinski definition) is 3. The second-order valence-corrected chi connectivity index (χ2v) is 6.77. The predicted molar refractivity (Wildman–Crippen MR) is 104 cm³/mol. The highest BCUT2D eigenvalue weighted by Gasteiger charge is 2.12. The Balaban J connectivity index is 0.00000208. The number of benzene rings is 2. The van der Waals surface area contributed by atoms with Gasteiger partial charge in [0.05, 0.1) is 5.56 Å². The second kappa shape index (κ2) is 7.79. The van der Waals surface area contributed by atoms with Gasteiger partial charge >= 0.3 is 0 Å². The fraction of sp³-hybridized carbons (Fsp3) is 0.211. The van der Waals surface area contributed by atoms with E-state index in [4.69, 9.17) is 5.73 Å². The van der Waals surface area contributed by atoms with Gasteiger partial charge in [-0.05, 0) is 36.6 Å². The van der Waals surface area contributed by atoms with Crippen molar-refractivity contribution in [3.05, 3.63) is 70.1 Å². The minimum Gasteiger partial charge on any atom is -0.348 e. The molecule has 3 nitrogen and oxygen atoms in total. The molecule has 0 saturated heterocycles. The highest BCUT2D eigenvalue weighted by Crippen LogP contribution is 2.26. The molecule has 3 N–H and O–H groups in total. The van der Waals surface area contributed by atoms with Gasteiger partial charge in [0.15, 0.2) is 0 Å². The van der Waals surface area contributed by atoms with Crippen LogP contribution in [0.15, 0.2) is 47.8 Å². The number of aryl methyl sites for hydroxylation is 1. The minimum atomic E-state index is -0.0311. The van der Waals surface area contributed by atoms with E-state index in [-0.39, 0.29) is 24.4 Å². The summed E-state index contributed by atoms with van der Waals surface area (Å²) in [6.07, 6.45) is 0. The molecule has 5 heteroatoms. The van der Waals surface area contributed by atoms with Crippen LogP contribution in [-0.4, -0.2) is 5.91 Å². The van der Waals surface area contributed by atoms with Crippen LogP contribution in [-0.2, 0) is 6.54 Å². The molecule has 126 valence electrons. The van der Waals surface area contributed by atoms with E-state index in [1.165, 1.54) is 5.56 Å². The van der Waals surface area contributed by atoms with Crippen molar-refractivity contribution >= 4 is 39.7 Å². The molecular weight excluding hydrogens is 340 g/mol. The van der Waals surface area contributed by atoms with Gasteiger partial charge in [-0.25, -0.2) is 0 Å². The molecular formula is C19H21ClN2OS. The topological polar surface area (TPSA) is 55.1 Å². The first-order valence-corrected chi connectivity index (χ1v) is 8.53. The summed E-state index contributed by atoms with van der Waals surface area (Å²) in [5.74, 6) is -0.0311. The van der Waals surface area contributed by atoms with E-state index in [9.17, 15) is 4.79 Å². The maximum Gasteiger partial charge on any atom is 0.253 e. The molecule has 24 heavy (non-hydrogen) atoms. The van der Waals surface area contributed by atoms with Crippen LogP contribution in [0, 0.1) is 6.92 Å². The summed E-state index contributed by atoms with van der Waals surface area (Å²) in [7, 11) is 0. The first-order chi connectivity index (χ1) is 11.0. The van der Waals surface area contributed by atoms with Gasteiger partial charge in [-0.15, -0.1) is 23.7 Å². The van der Waals surface area contributed by atoms with Crippen molar-refractivity contribution in [2.75, 3.05) is 0 Å².